The highest BCUT2D eigenvalue weighted by Gasteiger charge is 2.26. The summed E-state index contributed by atoms with van der Waals surface area (Å²) in [6.07, 6.45) is 3.98. The van der Waals surface area contributed by atoms with Crippen molar-refractivity contribution in [2.75, 3.05) is 26.2 Å². The number of nitrogens with two attached hydrogens (primary N) is 1. The molecular formula is C13H28N2O. The lowest BCUT2D eigenvalue weighted by atomic mass is 10.0. The first-order valence-corrected chi connectivity index (χ1v) is 6.73. The van der Waals surface area contributed by atoms with Gasteiger partial charge in [0.05, 0.1) is 12.7 Å². The lowest BCUT2D eigenvalue weighted by Crippen LogP contribution is -2.49. The van der Waals surface area contributed by atoms with Crippen molar-refractivity contribution >= 4 is 0 Å². The first kappa shape index (κ1) is 13.9. The molecule has 1 aliphatic rings. The van der Waals surface area contributed by atoms with Crippen molar-refractivity contribution in [3.8, 4) is 0 Å². The van der Waals surface area contributed by atoms with E-state index < -0.39 is 0 Å². The van der Waals surface area contributed by atoms with Crippen molar-refractivity contribution in [2.45, 2.75) is 52.2 Å². The molecule has 0 amide bonds. The summed E-state index contributed by atoms with van der Waals surface area (Å²) in [5.41, 5.74) is 5.55. The molecule has 0 aliphatic carbocycles. The van der Waals surface area contributed by atoms with Gasteiger partial charge in [0.15, 0.2) is 0 Å². The second-order valence-corrected chi connectivity index (χ2v) is 5.20. The van der Waals surface area contributed by atoms with Crippen LogP contribution in [0.3, 0.4) is 0 Å². The molecular weight excluding hydrogens is 200 g/mol. The number of hydrogen-bond donors (Lipinski definition) is 1. The molecule has 0 radical (unpaired) electrons. The van der Waals surface area contributed by atoms with E-state index in [2.05, 4.69) is 25.7 Å². The molecule has 1 rings (SSSR count). The van der Waals surface area contributed by atoms with Crippen LogP contribution in [0.2, 0.25) is 0 Å². The van der Waals surface area contributed by atoms with Crippen LogP contribution < -0.4 is 5.73 Å². The van der Waals surface area contributed by atoms with Gasteiger partial charge in [0.1, 0.15) is 0 Å². The molecule has 0 aromatic heterocycles. The third-order valence-electron chi connectivity index (χ3n) is 3.50. The SMILES string of the molecule is CCC1COC(C)CN1CC(C)CCCN. The Kier molecular flexibility index (Phi) is 6.32. The summed E-state index contributed by atoms with van der Waals surface area (Å²) >= 11 is 0. The number of morpholine rings is 1. The van der Waals surface area contributed by atoms with E-state index in [0.717, 1.165) is 32.0 Å². The Morgan fingerprint density at radius 1 is 1.50 bits per heavy atom. The molecule has 0 saturated carbocycles. The van der Waals surface area contributed by atoms with Crippen LogP contribution in [-0.2, 0) is 4.74 Å². The minimum Gasteiger partial charge on any atom is -0.376 e. The maximum atomic E-state index is 5.71. The average molecular weight is 228 g/mol. The third-order valence-corrected chi connectivity index (χ3v) is 3.50. The molecule has 1 heterocycles. The molecule has 2 N–H and O–H groups in total. The Labute approximate surface area is 100 Å². The summed E-state index contributed by atoms with van der Waals surface area (Å²) < 4.78 is 5.71. The third kappa shape index (κ3) is 4.40. The monoisotopic (exact) mass is 228 g/mol. The molecule has 96 valence electrons. The van der Waals surface area contributed by atoms with Gasteiger partial charge in [-0.3, -0.25) is 4.90 Å². The second kappa shape index (κ2) is 7.25. The average Bonchev–Trinajstić information content (AvgIpc) is 2.27. The Bertz CT molecular complexity index is 187. The summed E-state index contributed by atoms with van der Waals surface area (Å²) in [6, 6.07) is 0.622. The van der Waals surface area contributed by atoms with Crippen LogP contribution in [0.1, 0.15) is 40.0 Å². The summed E-state index contributed by atoms with van der Waals surface area (Å²) in [5.74, 6) is 0.753. The standard InChI is InChI=1S/C13H28N2O/c1-4-13-10-16-12(3)9-15(13)8-11(2)6-5-7-14/h11-13H,4-10,14H2,1-3H3. The zero-order chi connectivity index (χ0) is 12.0. The molecule has 0 aromatic carbocycles. The van der Waals surface area contributed by atoms with Gasteiger partial charge in [0.25, 0.3) is 0 Å². The maximum Gasteiger partial charge on any atom is 0.0674 e. The van der Waals surface area contributed by atoms with Gasteiger partial charge in [-0.1, -0.05) is 13.8 Å². The number of nitrogens with zero attached hydrogens (tertiary/aromatic N) is 1. The van der Waals surface area contributed by atoms with Crippen LogP contribution in [-0.4, -0.2) is 43.3 Å². The van der Waals surface area contributed by atoms with Gasteiger partial charge in [-0.05, 0) is 38.6 Å². The topological polar surface area (TPSA) is 38.5 Å². The fraction of sp³-hybridized carbons (Fsp3) is 1.00. The zero-order valence-electron chi connectivity index (χ0n) is 11.1. The van der Waals surface area contributed by atoms with Crippen LogP contribution in [0.15, 0.2) is 0 Å². The molecule has 1 aliphatic heterocycles. The van der Waals surface area contributed by atoms with Gasteiger partial charge in [-0.15, -0.1) is 0 Å². The van der Waals surface area contributed by atoms with Crippen LogP contribution in [0.4, 0.5) is 0 Å². The summed E-state index contributed by atoms with van der Waals surface area (Å²) in [7, 11) is 0. The lowest BCUT2D eigenvalue weighted by Gasteiger charge is -2.39. The molecule has 0 bridgehead atoms. The Hall–Kier alpha value is -0.120. The molecule has 0 spiro atoms. The highest BCUT2D eigenvalue weighted by molar-refractivity contribution is 4.78. The summed E-state index contributed by atoms with van der Waals surface area (Å²) in [6.45, 7) is 10.8. The van der Waals surface area contributed by atoms with E-state index in [4.69, 9.17) is 10.5 Å². The van der Waals surface area contributed by atoms with Crippen molar-refractivity contribution < 1.29 is 4.74 Å². The zero-order valence-corrected chi connectivity index (χ0v) is 11.1. The summed E-state index contributed by atoms with van der Waals surface area (Å²) in [5, 5.41) is 0. The summed E-state index contributed by atoms with van der Waals surface area (Å²) in [4.78, 5) is 2.61. The van der Waals surface area contributed by atoms with Gasteiger partial charge >= 0.3 is 0 Å². The molecule has 3 heteroatoms. The Morgan fingerprint density at radius 2 is 2.25 bits per heavy atom. The largest absolute Gasteiger partial charge is 0.376 e. The molecule has 3 atom stereocenters. The van der Waals surface area contributed by atoms with Gasteiger partial charge < -0.3 is 10.5 Å². The number of hydrogen-bond acceptors (Lipinski definition) is 3. The maximum absolute atomic E-state index is 5.71. The highest BCUT2D eigenvalue weighted by Crippen LogP contribution is 2.17. The number of ether oxygens (including phenoxy) is 1. The van der Waals surface area contributed by atoms with Gasteiger partial charge in [0.2, 0.25) is 0 Å². The first-order valence-electron chi connectivity index (χ1n) is 6.73. The smallest absolute Gasteiger partial charge is 0.0674 e. The van der Waals surface area contributed by atoms with Crippen LogP contribution >= 0.6 is 0 Å². The minimum absolute atomic E-state index is 0.393. The molecule has 3 nitrogen and oxygen atoms in total. The van der Waals surface area contributed by atoms with Crippen molar-refractivity contribution in [3.63, 3.8) is 0 Å². The van der Waals surface area contributed by atoms with E-state index >= 15 is 0 Å². The predicted molar refractivity (Wildman–Crippen MR) is 68.5 cm³/mol. The van der Waals surface area contributed by atoms with Crippen molar-refractivity contribution in [1.29, 1.82) is 0 Å². The molecule has 0 aromatic rings. The normalized spacial score (nSPS) is 29.2. The molecule has 1 fully saturated rings. The van der Waals surface area contributed by atoms with Crippen LogP contribution in [0.25, 0.3) is 0 Å². The highest BCUT2D eigenvalue weighted by atomic mass is 16.5. The van der Waals surface area contributed by atoms with E-state index in [0.29, 0.717) is 12.1 Å². The van der Waals surface area contributed by atoms with E-state index in [1.807, 2.05) is 0 Å². The Balaban J connectivity index is 2.36. The fourth-order valence-electron chi connectivity index (χ4n) is 2.47. The molecule has 1 saturated heterocycles. The van der Waals surface area contributed by atoms with E-state index in [-0.39, 0.29) is 0 Å². The van der Waals surface area contributed by atoms with Crippen molar-refractivity contribution in [2.24, 2.45) is 11.7 Å². The van der Waals surface area contributed by atoms with Gasteiger partial charge in [-0.2, -0.15) is 0 Å². The fourth-order valence-corrected chi connectivity index (χ4v) is 2.47. The number of rotatable bonds is 6. The quantitative estimate of drug-likeness (QED) is 0.754. The molecule has 16 heavy (non-hydrogen) atoms. The lowest BCUT2D eigenvalue weighted by molar-refractivity contribution is -0.0602. The van der Waals surface area contributed by atoms with E-state index in [1.54, 1.807) is 0 Å². The van der Waals surface area contributed by atoms with Gasteiger partial charge in [-0.25, -0.2) is 0 Å². The molecule has 3 unspecified atom stereocenters. The first-order chi connectivity index (χ1) is 7.67. The van der Waals surface area contributed by atoms with Crippen LogP contribution in [0, 0.1) is 5.92 Å². The Morgan fingerprint density at radius 3 is 2.88 bits per heavy atom. The minimum atomic E-state index is 0.393. The van der Waals surface area contributed by atoms with E-state index in [1.165, 1.54) is 19.4 Å². The van der Waals surface area contributed by atoms with E-state index in [9.17, 15) is 0 Å². The van der Waals surface area contributed by atoms with Crippen molar-refractivity contribution in [1.82, 2.24) is 4.90 Å². The second-order valence-electron chi connectivity index (χ2n) is 5.20. The van der Waals surface area contributed by atoms with Gasteiger partial charge in [0, 0.05) is 19.1 Å². The predicted octanol–water partition coefficient (Wildman–Crippen LogP) is 1.86. The van der Waals surface area contributed by atoms with Crippen molar-refractivity contribution in [3.05, 3.63) is 0 Å². The van der Waals surface area contributed by atoms with Crippen LogP contribution in [0.5, 0.6) is 0 Å².